The first kappa shape index (κ1) is 14.7. The Hall–Kier alpha value is -1.75. The van der Waals surface area contributed by atoms with E-state index in [0.717, 1.165) is 19.3 Å². The predicted molar refractivity (Wildman–Crippen MR) is 74.9 cm³/mol. The van der Waals surface area contributed by atoms with Gasteiger partial charge in [-0.3, -0.25) is 4.79 Å². The van der Waals surface area contributed by atoms with Gasteiger partial charge in [0, 0.05) is 13.2 Å². The van der Waals surface area contributed by atoms with Gasteiger partial charge in [-0.25, -0.2) is 0 Å². The molecule has 5 nitrogen and oxygen atoms in total. The van der Waals surface area contributed by atoms with E-state index in [1.54, 1.807) is 18.2 Å². The smallest absolute Gasteiger partial charge is 0.255 e. The Balaban J connectivity index is 1.98. The second-order valence-corrected chi connectivity index (χ2v) is 5.20. The third-order valence-corrected chi connectivity index (χ3v) is 4.04. The van der Waals surface area contributed by atoms with Crippen LogP contribution in [0.4, 0.5) is 0 Å². The van der Waals surface area contributed by atoms with Crippen LogP contribution in [0.15, 0.2) is 18.2 Å². The van der Waals surface area contributed by atoms with Crippen molar-refractivity contribution in [2.24, 2.45) is 11.8 Å². The van der Waals surface area contributed by atoms with Gasteiger partial charge in [0.25, 0.3) is 5.91 Å². The first-order valence-electron chi connectivity index (χ1n) is 6.92. The maximum absolute atomic E-state index is 12.1. The number of para-hydroxylation sites is 1. The van der Waals surface area contributed by atoms with E-state index in [0.29, 0.717) is 12.5 Å². The summed E-state index contributed by atoms with van der Waals surface area (Å²) in [5.41, 5.74) is 0.211. The lowest BCUT2D eigenvalue weighted by atomic mass is 9.97. The summed E-state index contributed by atoms with van der Waals surface area (Å²) in [5.74, 6) is 0.417. The van der Waals surface area contributed by atoms with Crippen LogP contribution in [-0.2, 0) is 0 Å². The highest BCUT2D eigenvalue weighted by atomic mass is 16.5. The molecule has 20 heavy (non-hydrogen) atoms. The number of rotatable bonds is 5. The van der Waals surface area contributed by atoms with E-state index in [-0.39, 0.29) is 35.5 Å². The minimum absolute atomic E-state index is 0.141. The van der Waals surface area contributed by atoms with E-state index in [1.165, 1.54) is 7.11 Å². The number of ether oxygens (including phenoxy) is 1. The number of hydrogen-bond acceptors (Lipinski definition) is 4. The number of phenols is 1. The molecule has 1 amide bonds. The van der Waals surface area contributed by atoms with E-state index in [4.69, 9.17) is 4.74 Å². The zero-order chi connectivity index (χ0) is 14.5. The van der Waals surface area contributed by atoms with Crippen LogP contribution in [0.5, 0.6) is 11.5 Å². The molecule has 0 heterocycles. The number of benzene rings is 1. The molecule has 1 aliphatic carbocycles. The highest BCUT2D eigenvalue weighted by Gasteiger charge is 2.27. The lowest BCUT2D eigenvalue weighted by Gasteiger charge is -2.18. The SMILES string of the molecule is COc1cccc(C(=O)NCC2CCCC2CO)c1O. The zero-order valence-corrected chi connectivity index (χ0v) is 11.6. The van der Waals surface area contributed by atoms with E-state index in [2.05, 4.69) is 5.32 Å². The van der Waals surface area contributed by atoms with Crippen molar-refractivity contribution in [1.82, 2.24) is 5.32 Å². The van der Waals surface area contributed by atoms with Gasteiger partial charge in [0.1, 0.15) is 0 Å². The predicted octanol–water partition coefficient (Wildman–Crippen LogP) is 1.54. The van der Waals surface area contributed by atoms with Gasteiger partial charge in [-0.2, -0.15) is 0 Å². The quantitative estimate of drug-likeness (QED) is 0.764. The monoisotopic (exact) mass is 279 g/mol. The summed E-state index contributed by atoms with van der Waals surface area (Å²) in [6.07, 6.45) is 3.13. The first-order valence-corrected chi connectivity index (χ1v) is 6.92. The number of hydrogen-bond donors (Lipinski definition) is 3. The maximum Gasteiger partial charge on any atom is 0.255 e. The van der Waals surface area contributed by atoms with E-state index in [1.807, 2.05) is 0 Å². The van der Waals surface area contributed by atoms with Crippen molar-refractivity contribution in [1.29, 1.82) is 0 Å². The summed E-state index contributed by atoms with van der Waals surface area (Å²) >= 11 is 0. The third kappa shape index (κ3) is 3.04. The van der Waals surface area contributed by atoms with Crippen molar-refractivity contribution in [2.45, 2.75) is 19.3 Å². The zero-order valence-electron chi connectivity index (χ0n) is 11.6. The summed E-state index contributed by atoms with van der Waals surface area (Å²) in [7, 11) is 1.45. The van der Waals surface area contributed by atoms with Crippen LogP contribution in [0, 0.1) is 11.8 Å². The minimum atomic E-state index is -0.315. The molecule has 1 aromatic rings. The molecule has 0 aliphatic heterocycles. The Labute approximate surface area is 118 Å². The van der Waals surface area contributed by atoms with Gasteiger partial charge in [-0.1, -0.05) is 12.5 Å². The average Bonchev–Trinajstić information content (AvgIpc) is 2.92. The highest BCUT2D eigenvalue weighted by Crippen LogP contribution is 2.31. The second-order valence-electron chi connectivity index (χ2n) is 5.20. The van der Waals surface area contributed by atoms with Crippen LogP contribution in [0.2, 0.25) is 0 Å². The molecule has 0 radical (unpaired) electrons. The molecule has 0 saturated heterocycles. The minimum Gasteiger partial charge on any atom is -0.504 e. The Morgan fingerprint density at radius 3 is 2.85 bits per heavy atom. The summed E-state index contributed by atoms with van der Waals surface area (Å²) in [6, 6.07) is 4.83. The van der Waals surface area contributed by atoms with Crippen molar-refractivity contribution in [3.63, 3.8) is 0 Å². The highest BCUT2D eigenvalue weighted by molar-refractivity contribution is 5.97. The van der Waals surface area contributed by atoms with Crippen LogP contribution in [0.3, 0.4) is 0 Å². The van der Waals surface area contributed by atoms with Gasteiger partial charge in [0.15, 0.2) is 11.5 Å². The summed E-state index contributed by atoms with van der Waals surface area (Å²) in [5, 5.41) is 22.0. The first-order chi connectivity index (χ1) is 9.67. The Bertz CT molecular complexity index is 475. The fourth-order valence-electron chi connectivity index (χ4n) is 2.81. The Kier molecular flexibility index (Phi) is 4.84. The molecule has 5 heteroatoms. The normalized spacial score (nSPS) is 21.7. The van der Waals surface area contributed by atoms with E-state index >= 15 is 0 Å². The van der Waals surface area contributed by atoms with Crippen LogP contribution in [-0.4, -0.2) is 36.4 Å². The van der Waals surface area contributed by atoms with Crippen LogP contribution >= 0.6 is 0 Å². The molecular weight excluding hydrogens is 258 g/mol. The number of carbonyl (C=O) groups is 1. The van der Waals surface area contributed by atoms with Crippen LogP contribution < -0.4 is 10.1 Å². The lowest BCUT2D eigenvalue weighted by molar-refractivity contribution is 0.0934. The van der Waals surface area contributed by atoms with Gasteiger partial charge < -0.3 is 20.3 Å². The van der Waals surface area contributed by atoms with Crippen molar-refractivity contribution >= 4 is 5.91 Å². The van der Waals surface area contributed by atoms with Crippen molar-refractivity contribution in [3.05, 3.63) is 23.8 Å². The number of nitrogens with one attached hydrogen (secondary N) is 1. The number of carbonyl (C=O) groups excluding carboxylic acids is 1. The van der Waals surface area contributed by atoms with Gasteiger partial charge in [-0.05, 0) is 36.8 Å². The standard InChI is InChI=1S/C15H21NO4/c1-20-13-7-3-6-12(14(13)18)15(19)16-8-10-4-2-5-11(10)9-17/h3,6-7,10-11,17-18H,2,4-5,8-9H2,1H3,(H,16,19). The van der Waals surface area contributed by atoms with Crippen molar-refractivity contribution < 1.29 is 19.7 Å². The number of amides is 1. The molecule has 1 aromatic carbocycles. The lowest BCUT2D eigenvalue weighted by Crippen LogP contribution is -2.31. The fourth-order valence-corrected chi connectivity index (χ4v) is 2.81. The fraction of sp³-hybridized carbons (Fsp3) is 0.533. The Morgan fingerprint density at radius 1 is 1.40 bits per heavy atom. The second kappa shape index (κ2) is 6.61. The molecule has 1 aliphatic rings. The molecule has 0 spiro atoms. The summed E-state index contributed by atoms with van der Waals surface area (Å²) in [4.78, 5) is 12.1. The summed E-state index contributed by atoms with van der Waals surface area (Å²) < 4.78 is 4.99. The molecule has 1 fully saturated rings. The van der Waals surface area contributed by atoms with Gasteiger partial charge in [0.05, 0.1) is 12.7 Å². The molecule has 2 unspecified atom stereocenters. The van der Waals surface area contributed by atoms with Crippen molar-refractivity contribution in [2.75, 3.05) is 20.3 Å². The number of aliphatic hydroxyl groups is 1. The van der Waals surface area contributed by atoms with Gasteiger partial charge in [-0.15, -0.1) is 0 Å². The number of phenolic OH excluding ortho intramolecular Hbond substituents is 1. The largest absolute Gasteiger partial charge is 0.504 e. The van der Waals surface area contributed by atoms with Crippen LogP contribution in [0.25, 0.3) is 0 Å². The average molecular weight is 279 g/mol. The third-order valence-electron chi connectivity index (χ3n) is 4.04. The molecule has 110 valence electrons. The number of aliphatic hydroxyl groups excluding tert-OH is 1. The van der Waals surface area contributed by atoms with Crippen LogP contribution in [0.1, 0.15) is 29.6 Å². The van der Waals surface area contributed by atoms with E-state index < -0.39 is 0 Å². The maximum atomic E-state index is 12.1. The van der Waals surface area contributed by atoms with E-state index in [9.17, 15) is 15.0 Å². The molecule has 0 aromatic heterocycles. The molecule has 0 bridgehead atoms. The topological polar surface area (TPSA) is 78.8 Å². The molecule has 3 N–H and O–H groups in total. The van der Waals surface area contributed by atoms with Crippen molar-refractivity contribution in [3.8, 4) is 11.5 Å². The Morgan fingerprint density at radius 2 is 2.15 bits per heavy atom. The number of aromatic hydroxyl groups is 1. The molecular formula is C15H21NO4. The molecule has 2 rings (SSSR count). The molecule has 1 saturated carbocycles. The number of methoxy groups -OCH3 is 1. The van der Waals surface area contributed by atoms with Gasteiger partial charge >= 0.3 is 0 Å². The summed E-state index contributed by atoms with van der Waals surface area (Å²) in [6.45, 7) is 0.700. The molecule has 2 atom stereocenters. The van der Waals surface area contributed by atoms with Gasteiger partial charge in [0.2, 0.25) is 0 Å².